The Balaban J connectivity index is 2.02. The van der Waals surface area contributed by atoms with Crippen LogP contribution in [0.1, 0.15) is 23.1 Å². The van der Waals surface area contributed by atoms with Crippen molar-refractivity contribution in [2.45, 2.75) is 12.0 Å². The fourth-order valence-corrected chi connectivity index (χ4v) is 3.91. The van der Waals surface area contributed by atoms with Crippen molar-refractivity contribution in [2.75, 3.05) is 13.1 Å². The quantitative estimate of drug-likeness (QED) is 0.705. The molecule has 0 bridgehead atoms. The second-order valence-electron chi connectivity index (χ2n) is 6.31. The van der Waals surface area contributed by atoms with E-state index in [1.165, 1.54) is 36.2 Å². The number of hydrogen-bond acceptors (Lipinski definition) is 0. The van der Waals surface area contributed by atoms with Crippen LogP contribution >= 0.6 is 0 Å². The van der Waals surface area contributed by atoms with E-state index in [0.717, 1.165) is 0 Å². The molecule has 1 fully saturated rings. The highest BCUT2D eigenvalue weighted by atomic mass is 15.2. The fourth-order valence-electron chi connectivity index (χ4n) is 3.91. The van der Waals surface area contributed by atoms with Gasteiger partial charge in [-0.3, -0.25) is 0 Å². The van der Waals surface area contributed by atoms with E-state index in [2.05, 4.69) is 91.0 Å². The van der Waals surface area contributed by atoms with Gasteiger partial charge in [0.15, 0.2) is 5.54 Å². The van der Waals surface area contributed by atoms with E-state index in [4.69, 9.17) is 0 Å². The molecule has 3 aromatic carbocycles. The molecule has 0 amide bonds. The second-order valence-corrected chi connectivity index (χ2v) is 6.31. The van der Waals surface area contributed by atoms with Gasteiger partial charge in [0, 0.05) is 23.1 Å². The van der Waals surface area contributed by atoms with Crippen molar-refractivity contribution in [1.29, 1.82) is 0 Å². The summed E-state index contributed by atoms with van der Waals surface area (Å²) in [5.74, 6) is 0. The van der Waals surface area contributed by atoms with Gasteiger partial charge in [-0.2, -0.15) is 0 Å². The van der Waals surface area contributed by atoms with E-state index < -0.39 is 0 Å². The second kappa shape index (κ2) is 6.02. The highest BCUT2D eigenvalue weighted by Gasteiger charge is 2.48. The van der Waals surface area contributed by atoms with Gasteiger partial charge in [-0.15, -0.1) is 0 Å². The minimum Gasteiger partial charge on any atom is -0.318 e. The van der Waals surface area contributed by atoms with Crippen molar-refractivity contribution in [1.82, 2.24) is 0 Å². The van der Waals surface area contributed by atoms with Crippen LogP contribution < -0.4 is 4.90 Å². The first-order valence-corrected chi connectivity index (χ1v) is 8.44. The molecule has 0 spiro atoms. The molecule has 114 valence electrons. The van der Waals surface area contributed by atoms with Crippen LogP contribution in [0.5, 0.6) is 0 Å². The maximum Gasteiger partial charge on any atom is 0.175 e. The average Bonchev–Trinajstić information content (AvgIpc) is 2.60. The third-order valence-corrected chi connectivity index (χ3v) is 5.11. The lowest BCUT2D eigenvalue weighted by Crippen LogP contribution is -3.24. The van der Waals surface area contributed by atoms with Crippen LogP contribution in [0.2, 0.25) is 0 Å². The molecule has 3 aromatic rings. The van der Waals surface area contributed by atoms with Gasteiger partial charge in [-0.1, -0.05) is 91.0 Å². The van der Waals surface area contributed by atoms with Crippen LogP contribution in [0, 0.1) is 0 Å². The van der Waals surface area contributed by atoms with Crippen LogP contribution in [-0.2, 0) is 5.54 Å². The Kier molecular flexibility index (Phi) is 3.72. The molecule has 0 aliphatic carbocycles. The molecule has 0 atom stereocenters. The van der Waals surface area contributed by atoms with E-state index in [-0.39, 0.29) is 5.54 Å². The van der Waals surface area contributed by atoms with Gasteiger partial charge in [0.2, 0.25) is 0 Å². The maximum absolute atomic E-state index is 2.28. The molecule has 1 heterocycles. The Morgan fingerprint density at radius 3 is 1.13 bits per heavy atom. The molecule has 0 unspecified atom stereocenters. The molecule has 0 radical (unpaired) electrons. The lowest BCUT2D eigenvalue weighted by atomic mass is 9.74. The van der Waals surface area contributed by atoms with Crippen molar-refractivity contribution in [2.24, 2.45) is 0 Å². The van der Waals surface area contributed by atoms with E-state index >= 15 is 0 Å². The first kappa shape index (κ1) is 14.2. The largest absolute Gasteiger partial charge is 0.318 e. The molecule has 1 aliphatic heterocycles. The average molecular weight is 300 g/mol. The molecule has 1 nitrogen and oxygen atoms in total. The summed E-state index contributed by atoms with van der Waals surface area (Å²) in [6.07, 6.45) is 1.31. The Hall–Kier alpha value is -2.38. The maximum atomic E-state index is 2.28. The van der Waals surface area contributed by atoms with Gasteiger partial charge >= 0.3 is 0 Å². The summed E-state index contributed by atoms with van der Waals surface area (Å²) in [6.45, 7) is 2.44. The number of likely N-dealkylation sites (tertiary alicyclic amines) is 1. The van der Waals surface area contributed by atoms with E-state index in [1.807, 2.05) is 0 Å². The van der Waals surface area contributed by atoms with Gasteiger partial charge in [-0.25, -0.2) is 0 Å². The van der Waals surface area contributed by atoms with Crippen molar-refractivity contribution in [3.8, 4) is 0 Å². The molecule has 1 N–H and O–H groups in total. The number of rotatable bonds is 4. The van der Waals surface area contributed by atoms with Crippen molar-refractivity contribution >= 4 is 0 Å². The normalized spacial score (nSPS) is 15.1. The summed E-state index contributed by atoms with van der Waals surface area (Å²) in [6, 6.07) is 33.0. The van der Waals surface area contributed by atoms with Crippen LogP contribution in [0.4, 0.5) is 0 Å². The minimum absolute atomic E-state index is 0.109. The molecule has 23 heavy (non-hydrogen) atoms. The van der Waals surface area contributed by atoms with Crippen LogP contribution in [-0.4, -0.2) is 13.1 Å². The van der Waals surface area contributed by atoms with Crippen molar-refractivity contribution in [3.05, 3.63) is 108 Å². The van der Waals surface area contributed by atoms with Crippen LogP contribution in [0.15, 0.2) is 91.0 Å². The van der Waals surface area contributed by atoms with Gasteiger partial charge in [0.1, 0.15) is 0 Å². The van der Waals surface area contributed by atoms with E-state index in [9.17, 15) is 0 Å². The molecule has 1 saturated heterocycles. The van der Waals surface area contributed by atoms with Gasteiger partial charge in [0.25, 0.3) is 0 Å². The van der Waals surface area contributed by atoms with Gasteiger partial charge in [-0.05, 0) is 0 Å². The SMILES string of the molecule is c1ccc(C(c2ccccc2)(c2ccccc2)[NH+]2CCC2)cc1. The van der Waals surface area contributed by atoms with E-state index in [1.54, 1.807) is 4.90 Å². The number of benzene rings is 3. The molecular weight excluding hydrogens is 278 g/mol. The van der Waals surface area contributed by atoms with Crippen LogP contribution in [0.25, 0.3) is 0 Å². The van der Waals surface area contributed by atoms with E-state index in [0.29, 0.717) is 0 Å². The zero-order chi connectivity index (χ0) is 15.5. The lowest BCUT2D eigenvalue weighted by Gasteiger charge is -2.46. The first-order valence-electron chi connectivity index (χ1n) is 8.44. The summed E-state index contributed by atoms with van der Waals surface area (Å²) in [7, 11) is 0. The standard InChI is InChI=1S/C22H21N/c1-4-11-19(12-5-1)22(23-17-10-18-23,20-13-6-2-7-14-20)21-15-8-3-9-16-21/h1-9,11-16H,10,17-18H2/p+1. The summed E-state index contributed by atoms with van der Waals surface area (Å²) in [5.41, 5.74) is 4.04. The van der Waals surface area contributed by atoms with Gasteiger partial charge < -0.3 is 4.90 Å². The number of hydrogen-bond donors (Lipinski definition) is 1. The Bertz CT molecular complexity index is 649. The molecule has 1 aliphatic rings. The number of nitrogens with one attached hydrogen (secondary N) is 1. The Morgan fingerprint density at radius 1 is 0.522 bits per heavy atom. The predicted octanol–water partition coefficient (Wildman–Crippen LogP) is 3.27. The third-order valence-electron chi connectivity index (χ3n) is 5.11. The minimum atomic E-state index is -0.109. The zero-order valence-electron chi connectivity index (χ0n) is 13.3. The molecular formula is C22H22N+. The summed E-state index contributed by atoms with van der Waals surface area (Å²) in [5, 5.41) is 0. The first-order chi connectivity index (χ1) is 11.4. The fraction of sp³-hybridized carbons (Fsp3) is 0.182. The highest BCUT2D eigenvalue weighted by Crippen LogP contribution is 2.34. The topological polar surface area (TPSA) is 4.44 Å². The summed E-state index contributed by atoms with van der Waals surface area (Å²) >= 11 is 0. The Labute approximate surface area is 138 Å². The molecule has 0 aromatic heterocycles. The zero-order valence-corrected chi connectivity index (χ0v) is 13.3. The lowest BCUT2D eigenvalue weighted by molar-refractivity contribution is -0.983. The monoisotopic (exact) mass is 300 g/mol. The van der Waals surface area contributed by atoms with Gasteiger partial charge in [0.05, 0.1) is 13.1 Å². The molecule has 1 heteroatoms. The Morgan fingerprint density at radius 2 is 0.870 bits per heavy atom. The third kappa shape index (κ3) is 2.29. The van der Waals surface area contributed by atoms with Crippen LogP contribution in [0.3, 0.4) is 0 Å². The summed E-state index contributed by atoms with van der Waals surface area (Å²) in [4.78, 5) is 1.64. The predicted molar refractivity (Wildman–Crippen MR) is 94.5 cm³/mol. The summed E-state index contributed by atoms with van der Waals surface area (Å²) < 4.78 is 0. The molecule has 4 rings (SSSR count). The van der Waals surface area contributed by atoms with Crippen molar-refractivity contribution in [3.63, 3.8) is 0 Å². The smallest absolute Gasteiger partial charge is 0.175 e. The highest BCUT2D eigenvalue weighted by molar-refractivity contribution is 5.46. The van der Waals surface area contributed by atoms with Crippen molar-refractivity contribution < 1.29 is 4.90 Å². The number of quaternary nitrogens is 1. The molecule has 0 saturated carbocycles.